The summed E-state index contributed by atoms with van der Waals surface area (Å²) >= 11 is 0. The normalized spacial score (nSPS) is 19.7. The van der Waals surface area contributed by atoms with Crippen LogP contribution in [0.2, 0.25) is 0 Å². The molecule has 2 N–H and O–H groups in total. The first-order valence-corrected chi connectivity index (χ1v) is 5.56. The molecule has 0 radical (unpaired) electrons. The molecular weight excluding hydrogens is 223 g/mol. The lowest BCUT2D eigenvalue weighted by Crippen LogP contribution is -2.23. The third-order valence-corrected chi connectivity index (χ3v) is 3.12. The van der Waals surface area contributed by atoms with E-state index in [-0.39, 0.29) is 11.9 Å². The van der Waals surface area contributed by atoms with Gasteiger partial charge in [0.05, 0.1) is 24.6 Å². The minimum Gasteiger partial charge on any atom is -0.495 e. The fourth-order valence-corrected chi connectivity index (χ4v) is 2.12. The van der Waals surface area contributed by atoms with Crippen LogP contribution in [0.4, 0.5) is 15.8 Å². The number of hydrogen-bond donors (Lipinski definition) is 1. The van der Waals surface area contributed by atoms with Crippen molar-refractivity contribution in [3.8, 4) is 5.75 Å². The fourth-order valence-electron chi connectivity index (χ4n) is 2.12. The van der Waals surface area contributed by atoms with Crippen LogP contribution in [-0.2, 0) is 4.74 Å². The second-order valence-corrected chi connectivity index (χ2v) is 4.14. The van der Waals surface area contributed by atoms with Gasteiger partial charge in [-0.25, -0.2) is 4.39 Å². The molecule has 1 aliphatic rings. The van der Waals surface area contributed by atoms with Crippen molar-refractivity contribution in [3.63, 3.8) is 0 Å². The number of nitrogens with two attached hydrogens (primary N) is 1. The van der Waals surface area contributed by atoms with Crippen LogP contribution < -0.4 is 15.4 Å². The first-order chi connectivity index (χ1) is 8.15. The van der Waals surface area contributed by atoms with Gasteiger partial charge in [-0.15, -0.1) is 0 Å². The summed E-state index contributed by atoms with van der Waals surface area (Å²) in [5, 5.41) is 0. The number of ether oxygens (including phenoxy) is 2. The van der Waals surface area contributed by atoms with E-state index in [9.17, 15) is 4.39 Å². The molecular formula is C12H17FN2O2. The molecule has 4 nitrogen and oxygen atoms in total. The van der Waals surface area contributed by atoms with Gasteiger partial charge < -0.3 is 20.1 Å². The Bertz CT molecular complexity index is 412. The van der Waals surface area contributed by atoms with Crippen LogP contribution in [0, 0.1) is 5.82 Å². The van der Waals surface area contributed by atoms with E-state index in [2.05, 4.69) is 0 Å². The van der Waals surface area contributed by atoms with E-state index >= 15 is 0 Å². The highest BCUT2D eigenvalue weighted by atomic mass is 19.1. The highest BCUT2D eigenvalue weighted by molar-refractivity contribution is 5.63. The number of nitrogen functional groups attached to an aromatic ring is 1. The highest BCUT2D eigenvalue weighted by Gasteiger charge is 2.25. The summed E-state index contributed by atoms with van der Waals surface area (Å²) in [5.41, 5.74) is 6.48. The third kappa shape index (κ3) is 2.29. The van der Waals surface area contributed by atoms with Crippen molar-refractivity contribution >= 4 is 11.4 Å². The Labute approximate surface area is 100 Å². The van der Waals surface area contributed by atoms with E-state index in [1.54, 1.807) is 13.2 Å². The molecule has 2 rings (SSSR count). The average Bonchev–Trinajstić information content (AvgIpc) is 2.78. The van der Waals surface area contributed by atoms with Gasteiger partial charge >= 0.3 is 0 Å². The van der Waals surface area contributed by atoms with Gasteiger partial charge in [0.1, 0.15) is 11.6 Å². The molecule has 0 amide bonds. The lowest BCUT2D eigenvalue weighted by atomic mass is 10.2. The number of anilines is 2. The van der Waals surface area contributed by atoms with Crippen molar-refractivity contribution < 1.29 is 13.9 Å². The van der Waals surface area contributed by atoms with E-state index in [1.165, 1.54) is 13.2 Å². The van der Waals surface area contributed by atoms with E-state index in [4.69, 9.17) is 15.2 Å². The standard InChI is InChI=1S/C12H17FN2O2/c1-16-8-3-4-15(7-8)11-6-12(17-2)10(14)5-9(11)13/h5-6,8H,3-4,7,14H2,1-2H3. The van der Waals surface area contributed by atoms with Crippen molar-refractivity contribution in [3.05, 3.63) is 17.9 Å². The van der Waals surface area contributed by atoms with Gasteiger partial charge in [-0.05, 0) is 6.42 Å². The van der Waals surface area contributed by atoms with E-state index in [0.29, 0.717) is 23.7 Å². The number of rotatable bonds is 3. The highest BCUT2D eigenvalue weighted by Crippen LogP contribution is 2.32. The first kappa shape index (κ1) is 12.0. The Morgan fingerprint density at radius 1 is 1.41 bits per heavy atom. The largest absolute Gasteiger partial charge is 0.495 e. The molecule has 1 aromatic carbocycles. The number of nitrogens with zero attached hydrogens (tertiary/aromatic N) is 1. The Morgan fingerprint density at radius 3 is 2.76 bits per heavy atom. The van der Waals surface area contributed by atoms with E-state index < -0.39 is 0 Å². The molecule has 17 heavy (non-hydrogen) atoms. The lowest BCUT2D eigenvalue weighted by molar-refractivity contribution is 0.121. The van der Waals surface area contributed by atoms with Crippen molar-refractivity contribution in [2.24, 2.45) is 0 Å². The smallest absolute Gasteiger partial charge is 0.148 e. The Balaban J connectivity index is 2.26. The molecule has 5 heteroatoms. The van der Waals surface area contributed by atoms with Crippen LogP contribution in [0.25, 0.3) is 0 Å². The molecule has 94 valence electrons. The quantitative estimate of drug-likeness (QED) is 0.816. The van der Waals surface area contributed by atoms with Crippen LogP contribution in [0.3, 0.4) is 0 Å². The van der Waals surface area contributed by atoms with Crippen LogP contribution in [0.15, 0.2) is 12.1 Å². The van der Waals surface area contributed by atoms with Gasteiger partial charge in [0.15, 0.2) is 0 Å². The maximum absolute atomic E-state index is 13.8. The second kappa shape index (κ2) is 4.79. The lowest BCUT2D eigenvalue weighted by Gasteiger charge is -2.20. The summed E-state index contributed by atoms with van der Waals surface area (Å²) in [4.78, 5) is 1.95. The zero-order valence-electron chi connectivity index (χ0n) is 10.1. The predicted molar refractivity (Wildman–Crippen MR) is 65.0 cm³/mol. The maximum Gasteiger partial charge on any atom is 0.148 e. The van der Waals surface area contributed by atoms with Gasteiger partial charge in [0.2, 0.25) is 0 Å². The Kier molecular flexibility index (Phi) is 3.38. The molecule has 0 spiro atoms. The van der Waals surface area contributed by atoms with Gasteiger partial charge in [-0.1, -0.05) is 0 Å². The molecule has 0 saturated carbocycles. The minimum absolute atomic E-state index is 0.165. The SMILES string of the molecule is COc1cc(N2CCC(OC)C2)c(F)cc1N. The number of methoxy groups -OCH3 is 2. The number of hydrogen-bond acceptors (Lipinski definition) is 4. The molecule has 0 bridgehead atoms. The minimum atomic E-state index is -0.319. The second-order valence-electron chi connectivity index (χ2n) is 4.14. The average molecular weight is 240 g/mol. The number of halogens is 1. The van der Waals surface area contributed by atoms with Crippen LogP contribution >= 0.6 is 0 Å². The van der Waals surface area contributed by atoms with Crippen molar-refractivity contribution in [1.82, 2.24) is 0 Å². The predicted octanol–water partition coefficient (Wildman–Crippen LogP) is 1.64. The summed E-state index contributed by atoms with van der Waals surface area (Å²) in [5.74, 6) is 0.183. The summed E-state index contributed by atoms with van der Waals surface area (Å²) in [6.07, 6.45) is 1.07. The van der Waals surface area contributed by atoms with Crippen molar-refractivity contribution in [2.75, 3.05) is 37.9 Å². The molecule has 1 fully saturated rings. The first-order valence-electron chi connectivity index (χ1n) is 5.56. The molecule has 1 heterocycles. The maximum atomic E-state index is 13.8. The molecule has 0 aliphatic carbocycles. The molecule has 0 aromatic heterocycles. The Hall–Kier alpha value is -1.49. The summed E-state index contributed by atoms with van der Waals surface area (Å²) in [6, 6.07) is 2.94. The summed E-state index contributed by atoms with van der Waals surface area (Å²) < 4.78 is 24.2. The van der Waals surface area contributed by atoms with Crippen LogP contribution in [0.5, 0.6) is 5.75 Å². The van der Waals surface area contributed by atoms with E-state index in [1.807, 2.05) is 4.90 Å². The third-order valence-electron chi connectivity index (χ3n) is 3.12. The molecule has 1 unspecified atom stereocenters. The number of benzene rings is 1. The van der Waals surface area contributed by atoms with Crippen molar-refractivity contribution in [2.45, 2.75) is 12.5 Å². The fraction of sp³-hybridized carbons (Fsp3) is 0.500. The van der Waals surface area contributed by atoms with Gasteiger partial charge in [0.25, 0.3) is 0 Å². The summed E-state index contributed by atoms with van der Waals surface area (Å²) in [7, 11) is 3.20. The molecule has 1 aliphatic heterocycles. The van der Waals surface area contributed by atoms with Gasteiger partial charge in [0, 0.05) is 32.3 Å². The van der Waals surface area contributed by atoms with Gasteiger partial charge in [-0.2, -0.15) is 0 Å². The monoisotopic (exact) mass is 240 g/mol. The van der Waals surface area contributed by atoms with Crippen LogP contribution in [-0.4, -0.2) is 33.4 Å². The van der Waals surface area contributed by atoms with Gasteiger partial charge in [-0.3, -0.25) is 0 Å². The zero-order valence-corrected chi connectivity index (χ0v) is 10.1. The Morgan fingerprint density at radius 2 is 2.18 bits per heavy atom. The van der Waals surface area contributed by atoms with Crippen LogP contribution in [0.1, 0.15) is 6.42 Å². The molecule has 1 atom stereocenters. The van der Waals surface area contributed by atoms with Crippen molar-refractivity contribution in [1.29, 1.82) is 0 Å². The topological polar surface area (TPSA) is 47.7 Å². The molecule has 1 saturated heterocycles. The van der Waals surface area contributed by atoms with E-state index in [0.717, 1.165) is 13.0 Å². The zero-order chi connectivity index (χ0) is 12.4. The summed E-state index contributed by atoms with van der Waals surface area (Å²) in [6.45, 7) is 1.48. The molecule has 1 aromatic rings.